The molecule has 1 unspecified atom stereocenters. The summed E-state index contributed by atoms with van der Waals surface area (Å²) in [5, 5.41) is 12.8. The van der Waals surface area contributed by atoms with E-state index in [1.165, 1.54) is 11.2 Å². The quantitative estimate of drug-likeness (QED) is 0.870. The maximum Gasteiger partial charge on any atom is 0.246 e. The lowest BCUT2D eigenvalue weighted by atomic mass is 10.0. The van der Waals surface area contributed by atoms with Crippen LogP contribution in [0.3, 0.4) is 0 Å². The third-order valence-electron chi connectivity index (χ3n) is 3.85. The van der Waals surface area contributed by atoms with E-state index in [0.29, 0.717) is 16.8 Å². The lowest BCUT2D eigenvalue weighted by molar-refractivity contribution is -0.134. The first-order valence-electron chi connectivity index (χ1n) is 7.44. The van der Waals surface area contributed by atoms with Crippen LogP contribution in [0.4, 0.5) is 0 Å². The maximum absolute atomic E-state index is 12.3. The molecule has 116 valence electrons. The van der Waals surface area contributed by atoms with E-state index in [1.807, 2.05) is 23.1 Å². The first-order valence-corrected chi connectivity index (χ1v) is 7.82. The van der Waals surface area contributed by atoms with Gasteiger partial charge in [-0.2, -0.15) is 4.80 Å². The van der Waals surface area contributed by atoms with Crippen LogP contribution in [0.5, 0.6) is 0 Å². The van der Waals surface area contributed by atoms with Crippen molar-refractivity contribution in [2.45, 2.75) is 26.3 Å². The van der Waals surface area contributed by atoms with Gasteiger partial charge in [0.05, 0.1) is 5.02 Å². The Morgan fingerprint density at radius 1 is 1.41 bits per heavy atom. The van der Waals surface area contributed by atoms with Gasteiger partial charge >= 0.3 is 0 Å². The first kappa shape index (κ1) is 15.0. The smallest absolute Gasteiger partial charge is 0.246 e. The van der Waals surface area contributed by atoms with Gasteiger partial charge < -0.3 is 4.90 Å². The number of aromatic nitrogens is 4. The molecule has 0 spiro atoms. The maximum atomic E-state index is 12.3. The number of piperidine rings is 1. The number of benzene rings is 1. The number of carbonyl (C=O) groups is 1. The molecule has 1 atom stereocenters. The number of nitrogens with zero attached hydrogens (tertiary/aromatic N) is 5. The number of rotatable bonds is 3. The molecule has 2 heterocycles. The topological polar surface area (TPSA) is 63.9 Å². The molecule has 0 bridgehead atoms. The predicted molar refractivity (Wildman–Crippen MR) is 83.2 cm³/mol. The number of carbonyl (C=O) groups excluding carboxylic acids is 1. The van der Waals surface area contributed by atoms with Crippen molar-refractivity contribution in [3.63, 3.8) is 0 Å². The molecule has 6 nitrogen and oxygen atoms in total. The van der Waals surface area contributed by atoms with E-state index in [4.69, 9.17) is 11.6 Å². The van der Waals surface area contributed by atoms with E-state index in [2.05, 4.69) is 22.3 Å². The highest BCUT2D eigenvalue weighted by Gasteiger charge is 2.22. The minimum Gasteiger partial charge on any atom is -0.341 e. The second-order valence-corrected chi connectivity index (χ2v) is 6.12. The Morgan fingerprint density at radius 3 is 3.00 bits per heavy atom. The second kappa shape index (κ2) is 6.44. The number of hydrogen-bond acceptors (Lipinski definition) is 4. The van der Waals surface area contributed by atoms with Crippen molar-refractivity contribution in [3.05, 3.63) is 29.3 Å². The molecule has 1 aromatic heterocycles. The SMILES string of the molecule is CC1CCCN(C(=O)Cn2nnc(-c3ccccc3Cl)n2)C1. The Labute approximate surface area is 134 Å². The van der Waals surface area contributed by atoms with Gasteiger partial charge in [-0.15, -0.1) is 10.2 Å². The van der Waals surface area contributed by atoms with Crippen molar-refractivity contribution < 1.29 is 4.79 Å². The fourth-order valence-electron chi connectivity index (χ4n) is 2.70. The number of halogens is 1. The number of tetrazole rings is 1. The van der Waals surface area contributed by atoms with Crippen molar-refractivity contribution in [1.29, 1.82) is 0 Å². The van der Waals surface area contributed by atoms with Crippen LogP contribution in [-0.2, 0) is 11.3 Å². The van der Waals surface area contributed by atoms with E-state index < -0.39 is 0 Å². The summed E-state index contributed by atoms with van der Waals surface area (Å²) in [4.78, 5) is 15.5. The Kier molecular flexibility index (Phi) is 4.38. The number of amides is 1. The molecule has 1 saturated heterocycles. The third kappa shape index (κ3) is 3.27. The molecule has 2 aromatic rings. The van der Waals surface area contributed by atoms with E-state index in [9.17, 15) is 4.79 Å². The van der Waals surface area contributed by atoms with E-state index >= 15 is 0 Å². The van der Waals surface area contributed by atoms with Crippen LogP contribution >= 0.6 is 11.6 Å². The van der Waals surface area contributed by atoms with Crippen LogP contribution in [-0.4, -0.2) is 44.1 Å². The molecule has 7 heteroatoms. The summed E-state index contributed by atoms with van der Waals surface area (Å²) < 4.78 is 0. The minimum absolute atomic E-state index is 0.0367. The summed E-state index contributed by atoms with van der Waals surface area (Å²) >= 11 is 6.12. The summed E-state index contributed by atoms with van der Waals surface area (Å²) in [6.07, 6.45) is 2.24. The van der Waals surface area contributed by atoms with Gasteiger partial charge in [-0.3, -0.25) is 4.79 Å². The van der Waals surface area contributed by atoms with Crippen molar-refractivity contribution in [2.75, 3.05) is 13.1 Å². The third-order valence-corrected chi connectivity index (χ3v) is 4.18. The molecule has 1 fully saturated rings. The number of likely N-dealkylation sites (tertiary alicyclic amines) is 1. The Balaban J connectivity index is 1.69. The standard InChI is InChI=1S/C15H18ClN5O/c1-11-5-4-8-20(9-11)14(22)10-21-18-15(17-19-21)12-6-2-3-7-13(12)16/h2-3,6-7,11H,4-5,8-10H2,1H3. The van der Waals surface area contributed by atoms with Crippen LogP contribution in [0.25, 0.3) is 11.4 Å². The summed E-state index contributed by atoms with van der Waals surface area (Å²) in [5.74, 6) is 1.03. The highest BCUT2D eigenvalue weighted by Crippen LogP contribution is 2.23. The molecule has 1 aliphatic rings. The molecule has 0 aliphatic carbocycles. The molecule has 1 aliphatic heterocycles. The lowest BCUT2D eigenvalue weighted by Gasteiger charge is -2.30. The summed E-state index contributed by atoms with van der Waals surface area (Å²) in [6, 6.07) is 7.31. The normalized spacial score (nSPS) is 18.5. The molecule has 0 radical (unpaired) electrons. The van der Waals surface area contributed by atoms with Gasteiger partial charge in [-0.05, 0) is 36.1 Å². The van der Waals surface area contributed by atoms with Gasteiger partial charge in [0.15, 0.2) is 0 Å². The molecule has 22 heavy (non-hydrogen) atoms. The number of hydrogen-bond donors (Lipinski definition) is 0. The summed E-state index contributed by atoms with van der Waals surface area (Å²) in [6.45, 7) is 3.91. The van der Waals surface area contributed by atoms with Crippen LogP contribution in [0.15, 0.2) is 24.3 Å². The molecule has 3 rings (SSSR count). The minimum atomic E-state index is 0.0367. The van der Waals surface area contributed by atoms with Gasteiger partial charge in [0, 0.05) is 18.7 Å². The Bertz CT molecular complexity index is 671. The predicted octanol–water partition coefficient (Wildman–Crippen LogP) is 2.25. The van der Waals surface area contributed by atoms with Crippen LogP contribution < -0.4 is 0 Å². The average Bonchev–Trinajstić information content (AvgIpc) is 2.96. The zero-order valence-electron chi connectivity index (χ0n) is 12.4. The first-order chi connectivity index (χ1) is 10.6. The van der Waals surface area contributed by atoms with E-state index in [-0.39, 0.29) is 12.5 Å². The van der Waals surface area contributed by atoms with Crippen LogP contribution in [0.2, 0.25) is 5.02 Å². The zero-order valence-corrected chi connectivity index (χ0v) is 13.2. The fraction of sp³-hybridized carbons (Fsp3) is 0.467. The van der Waals surface area contributed by atoms with Crippen LogP contribution in [0, 0.1) is 5.92 Å². The van der Waals surface area contributed by atoms with Crippen molar-refractivity contribution in [1.82, 2.24) is 25.1 Å². The molecule has 1 amide bonds. The summed E-state index contributed by atoms with van der Waals surface area (Å²) in [5.41, 5.74) is 0.717. The zero-order chi connectivity index (χ0) is 15.5. The molecular formula is C15H18ClN5O. The van der Waals surface area contributed by atoms with Gasteiger partial charge in [-0.25, -0.2) is 0 Å². The largest absolute Gasteiger partial charge is 0.341 e. The Morgan fingerprint density at radius 2 is 2.23 bits per heavy atom. The van der Waals surface area contributed by atoms with Crippen molar-refractivity contribution >= 4 is 17.5 Å². The van der Waals surface area contributed by atoms with E-state index in [1.54, 1.807) is 6.07 Å². The molecule has 0 saturated carbocycles. The van der Waals surface area contributed by atoms with Gasteiger partial charge in [-0.1, -0.05) is 30.7 Å². The second-order valence-electron chi connectivity index (χ2n) is 5.71. The monoisotopic (exact) mass is 319 g/mol. The van der Waals surface area contributed by atoms with Gasteiger partial charge in [0.1, 0.15) is 6.54 Å². The lowest BCUT2D eigenvalue weighted by Crippen LogP contribution is -2.41. The van der Waals surface area contributed by atoms with E-state index in [0.717, 1.165) is 25.1 Å². The van der Waals surface area contributed by atoms with Gasteiger partial charge in [0.25, 0.3) is 0 Å². The molecular weight excluding hydrogens is 302 g/mol. The Hall–Kier alpha value is -1.95. The van der Waals surface area contributed by atoms with Crippen molar-refractivity contribution in [3.8, 4) is 11.4 Å². The molecule has 1 aromatic carbocycles. The summed E-state index contributed by atoms with van der Waals surface area (Å²) in [7, 11) is 0. The highest BCUT2D eigenvalue weighted by molar-refractivity contribution is 6.33. The van der Waals surface area contributed by atoms with Crippen LogP contribution in [0.1, 0.15) is 19.8 Å². The van der Waals surface area contributed by atoms with Gasteiger partial charge in [0.2, 0.25) is 11.7 Å². The average molecular weight is 320 g/mol. The highest BCUT2D eigenvalue weighted by atomic mass is 35.5. The molecule has 0 N–H and O–H groups in total. The fourth-order valence-corrected chi connectivity index (χ4v) is 2.92. The van der Waals surface area contributed by atoms with Crippen molar-refractivity contribution in [2.24, 2.45) is 5.92 Å².